The molecule has 0 bridgehead atoms. The lowest BCUT2D eigenvalue weighted by Gasteiger charge is -2.23. The van der Waals surface area contributed by atoms with Crippen molar-refractivity contribution < 1.29 is 53.3 Å². The van der Waals surface area contributed by atoms with Gasteiger partial charge in [-0.1, -0.05) is 79.9 Å². The molecule has 14 heteroatoms. The zero-order valence-electron chi connectivity index (χ0n) is 28.1. The smallest absolute Gasteiger partial charge is 0.407 e. The number of hydroxylamine groups is 2. The molecule has 2 aromatic carbocycles. The molecule has 3 amide bonds. The van der Waals surface area contributed by atoms with Gasteiger partial charge in [-0.15, -0.1) is 5.06 Å². The highest BCUT2D eigenvalue weighted by atomic mass is 16.7. The van der Waals surface area contributed by atoms with Crippen molar-refractivity contribution >= 4 is 35.6 Å². The first kappa shape index (κ1) is 39.8. The van der Waals surface area contributed by atoms with Crippen LogP contribution in [0.4, 0.5) is 4.79 Å². The molecule has 0 aromatic heterocycles. The molecule has 1 aliphatic carbocycles. The summed E-state index contributed by atoms with van der Waals surface area (Å²) in [4.78, 5) is 75.8. The van der Waals surface area contributed by atoms with Crippen LogP contribution in [0.3, 0.4) is 0 Å². The van der Waals surface area contributed by atoms with Crippen molar-refractivity contribution in [3.63, 3.8) is 0 Å². The van der Waals surface area contributed by atoms with E-state index in [4.69, 9.17) is 20.0 Å². The van der Waals surface area contributed by atoms with Gasteiger partial charge >= 0.3 is 18.0 Å². The van der Waals surface area contributed by atoms with Crippen molar-refractivity contribution in [2.75, 3.05) is 6.54 Å². The fourth-order valence-electron chi connectivity index (χ4n) is 5.38. The van der Waals surface area contributed by atoms with Gasteiger partial charge in [0.2, 0.25) is 0 Å². The summed E-state index contributed by atoms with van der Waals surface area (Å²) in [7, 11) is 0. The van der Waals surface area contributed by atoms with Gasteiger partial charge in [0, 0.05) is 25.2 Å². The molecule has 2 aliphatic rings. The Labute approximate surface area is 291 Å². The van der Waals surface area contributed by atoms with Crippen molar-refractivity contribution in [1.29, 1.82) is 0 Å². The Kier molecular flexibility index (Phi) is 17.0. The number of amides is 3. The van der Waals surface area contributed by atoms with Gasteiger partial charge < -0.3 is 35.6 Å². The van der Waals surface area contributed by atoms with Crippen LogP contribution in [0.15, 0.2) is 60.7 Å². The number of hydrogen-bond acceptors (Lipinski definition) is 12. The predicted molar refractivity (Wildman–Crippen MR) is 178 cm³/mol. The highest BCUT2D eigenvalue weighted by Gasteiger charge is 2.37. The van der Waals surface area contributed by atoms with Gasteiger partial charge in [0.15, 0.2) is 11.9 Å². The number of ether oxygens (including phenoxy) is 2. The van der Waals surface area contributed by atoms with E-state index in [0.29, 0.717) is 37.3 Å². The largest absolute Gasteiger partial charge is 0.461 e. The number of benzene rings is 2. The number of unbranched alkanes of at least 4 members (excludes halogenated alkanes) is 1. The second kappa shape index (κ2) is 21.4. The Morgan fingerprint density at radius 2 is 1.44 bits per heavy atom. The van der Waals surface area contributed by atoms with Crippen LogP contribution in [0, 0.1) is 5.92 Å². The lowest BCUT2D eigenvalue weighted by Crippen LogP contribution is -2.49. The van der Waals surface area contributed by atoms with Gasteiger partial charge in [-0.05, 0) is 43.4 Å². The summed E-state index contributed by atoms with van der Waals surface area (Å²) in [6.07, 6.45) is 1.57. The third kappa shape index (κ3) is 13.7. The van der Waals surface area contributed by atoms with Crippen LogP contribution in [0.1, 0.15) is 81.8 Å². The summed E-state index contributed by atoms with van der Waals surface area (Å²) in [5.74, 6) is -3.33. The van der Waals surface area contributed by atoms with Crippen LogP contribution in [0.5, 0.6) is 0 Å². The Morgan fingerprint density at radius 1 is 0.840 bits per heavy atom. The van der Waals surface area contributed by atoms with Crippen LogP contribution in [0.25, 0.3) is 0 Å². The molecule has 1 heterocycles. The minimum atomic E-state index is -1.79. The molecule has 5 N–H and O–H groups in total. The Hall–Kier alpha value is -4.66. The number of Topliss-reactive ketones (excluding diaryl/α,β-unsaturated/α-hetero) is 1. The summed E-state index contributed by atoms with van der Waals surface area (Å²) >= 11 is 0. The van der Waals surface area contributed by atoms with Gasteiger partial charge in [0.05, 0.1) is 12.5 Å². The Bertz CT molecular complexity index is 1390. The van der Waals surface area contributed by atoms with Gasteiger partial charge in [-0.25, -0.2) is 9.59 Å². The monoisotopic (exact) mass is 697 g/mol. The lowest BCUT2D eigenvalue weighted by atomic mass is 9.86. The fourth-order valence-corrected chi connectivity index (χ4v) is 5.38. The normalized spacial score (nSPS) is 18.9. The summed E-state index contributed by atoms with van der Waals surface area (Å²) in [6.45, 7) is 0.651. The van der Waals surface area contributed by atoms with Crippen molar-refractivity contribution in [3.8, 4) is 0 Å². The molecular weight excluding hydrogens is 650 g/mol. The molecule has 1 saturated heterocycles. The number of imide groups is 1. The number of aliphatic hydroxyl groups is 2. The Balaban J connectivity index is 0.000000284. The SMILES string of the molecule is NCCCC[C@H](NC(=O)OCc1ccccc1)C(O)C(=O)ON1C(=O)CCC1=O.O=C(C[C@H]1CCCCCC(=O)C1O)OCc1ccccc1. The molecule has 2 unspecified atom stereocenters. The number of carbonyl (C=O) groups excluding carboxylic acids is 6. The maximum absolute atomic E-state index is 12.2. The number of nitrogens with two attached hydrogens (primary N) is 1. The van der Waals surface area contributed by atoms with Crippen molar-refractivity contribution in [2.24, 2.45) is 11.7 Å². The topological polar surface area (TPSA) is 212 Å². The number of nitrogens with zero attached hydrogens (tertiary/aromatic N) is 1. The van der Waals surface area contributed by atoms with Crippen molar-refractivity contribution in [2.45, 2.75) is 102 Å². The molecule has 1 saturated carbocycles. The van der Waals surface area contributed by atoms with Gasteiger partial charge in [-0.2, -0.15) is 0 Å². The second-order valence-electron chi connectivity index (χ2n) is 12.2. The molecule has 0 spiro atoms. The van der Waals surface area contributed by atoms with Crippen LogP contribution in [0.2, 0.25) is 0 Å². The Morgan fingerprint density at radius 3 is 2.04 bits per heavy atom. The summed E-state index contributed by atoms with van der Waals surface area (Å²) in [5.41, 5.74) is 7.16. The number of alkyl carbamates (subject to hydrolysis) is 1. The zero-order chi connectivity index (χ0) is 36.3. The van der Waals surface area contributed by atoms with Crippen LogP contribution >= 0.6 is 0 Å². The molecule has 2 aromatic rings. The second-order valence-corrected chi connectivity index (χ2v) is 12.2. The minimum absolute atomic E-state index is 0.0134. The standard InChI is InChI=1S/C19H25N3O7.C17H22O4/c20-11-5-4-8-14(21-19(27)28-12-13-6-2-1-3-7-13)17(25)18(26)29-22-15(23)9-10-16(22)24;18-15-10-6-2-5-9-14(17(15)20)11-16(19)21-12-13-7-3-1-4-8-13/h1-3,6-7,14,17,25H,4-5,8-12,20H2,(H,21,27);1,3-4,7-8,14,17,20H,2,5-6,9-12H2/t2*14-,17?/m01/s1. The minimum Gasteiger partial charge on any atom is -0.461 e. The van der Waals surface area contributed by atoms with Gasteiger partial charge in [0.25, 0.3) is 11.8 Å². The summed E-state index contributed by atoms with van der Waals surface area (Å²) < 4.78 is 10.3. The van der Waals surface area contributed by atoms with Crippen LogP contribution < -0.4 is 11.1 Å². The molecule has 4 atom stereocenters. The molecular formula is C36H47N3O11. The molecule has 4 rings (SSSR count). The number of esters is 1. The van der Waals surface area contributed by atoms with E-state index in [-0.39, 0.29) is 56.6 Å². The average molecular weight is 698 g/mol. The average Bonchev–Trinajstić information content (AvgIpc) is 3.44. The predicted octanol–water partition coefficient (Wildman–Crippen LogP) is 3.01. The van der Waals surface area contributed by atoms with E-state index in [1.807, 2.05) is 36.4 Å². The highest BCUT2D eigenvalue weighted by Crippen LogP contribution is 2.24. The third-order valence-electron chi connectivity index (χ3n) is 8.24. The first-order valence-electron chi connectivity index (χ1n) is 16.9. The van der Waals surface area contributed by atoms with E-state index in [1.54, 1.807) is 24.3 Å². The van der Waals surface area contributed by atoms with E-state index in [1.165, 1.54) is 0 Å². The van der Waals surface area contributed by atoms with E-state index >= 15 is 0 Å². The maximum atomic E-state index is 12.2. The van der Waals surface area contributed by atoms with E-state index < -0.39 is 42.1 Å². The van der Waals surface area contributed by atoms with Gasteiger partial charge in [0.1, 0.15) is 19.3 Å². The quantitative estimate of drug-likeness (QED) is 0.127. The van der Waals surface area contributed by atoms with Crippen LogP contribution in [-0.4, -0.2) is 75.7 Å². The molecule has 14 nitrogen and oxygen atoms in total. The molecule has 272 valence electrons. The fraction of sp³-hybridized carbons (Fsp3) is 0.500. The van der Waals surface area contributed by atoms with E-state index in [9.17, 15) is 39.0 Å². The summed E-state index contributed by atoms with van der Waals surface area (Å²) in [5, 5.41) is 23.1. The van der Waals surface area contributed by atoms with Crippen molar-refractivity contribution in [3.05, 3.63) is 71.8 Å². The number of ketones is 1. The number of aliphatic hydroxyl groups excluding tert-OH is 2. The van der Waals surface area contributed by atoms with E-state index in [0.717, 1.165) is 30.4 Å². The third-order valence-corrected chi connectivity index (χ3v) is 8.24. The first-order valence-corrected chi connectivity index (χ1v) is 16.9. The number of rotatable bonds is 14. The number of hydrogen-bond donors (Lipinski definition) is 4. The van der Waals surface area contributed by atoms with Crippen molar-refractivity contribution in [1.82, 2.24) is 10.4 Å². The molecule has 0 radical (unpaired) electrons. The molecule has 50 heavy (non-hydrogen) atoms. The van der Waals surface area contributed by atoms with Crippen LogP contribution in [-0.2, 0) is 51.5 Å². The number of carbonyl (C=O) groups is 6. The van der Waals surface area contributed by atoms with E-state index in [2.05, 4.69) is 5.32 Å². The molecule has 1 aliphatic heterocycles. The highest BCUT2D eigenvalue weighted by molar-refractivity contribution is 6.01. The first-order chi connectivity index (χ1) is 24.1. The number of nitrogens with one attached hydrogen (secondary N) is 1. The molecule has 2 fully saturated rings. The maximum Gasteiger partial charge on any atom is 0.407 e. The summed E-state index contributed by atoms with van der Waals surface area (Å²) in [6, 6.07) is 17.4. The van der Waals surface area contributed by atoms with Gasteiger partial charge in [-0.3, -0.25) is 19.2 Å². The lowest BCUT2D eigenvalue weighted by molar-refractivity contribution is -0.204. The zero-order valence-corrected chi connectivity index (χ0v) is 28.1.